The molecule has 0 N–H and O–H groups in total. The Bertz CT molecular complexity index is 605. The zero-order valence-corrected chi connectivity index (χ0v) is 11.3. The lowest BCUT2D eigenvalue weighted by molar-refractivity contribution is 0.600. The molecule has 0 fully saturated rings. The second-order valence-electron chi connectivity index (χ2n) is 3.25. The van der Waals surface area contributed by atoms with E-state index in [0.29, 0.717) is 0 Å². The van der Waals surface area contributed by atoms with E-state index in [1.54, 1.807) is 0 Å². The molecular weight excluding hydrogens is 295 g/mol. The number of sulfone groups is 1. The summed E-state index contributed by atoms with van der Waals surface area (Å²) in [4.78, 5) is -0.0321. The molecule has 90 valence electrons. The molecule has 0 atom stereocenters. The third kappa shape index (κ3) is 4.29. The zero-order chi connectivity index (χ0) is 12.6. The summed E-state index contributed by atoms with van der Waals surface area (Å²) in [6, 6.07) is 3.85. The van der Waals surface area contributed by atoms with E-state index in [1.165, 1.54) is 18.2 Å². The molecule has 16 heavy (non-hydrogen) atoms. The van der Waals surface area contributed by atoms with Gasteiger partial charge in [-0.3, -0.25) is 0 Å². The van der Waals surface area contributed by atoms with Gasteiger partial charge in [0.1, 0.15) is 0 Å². The van der Waals surface area contributed by atoms with Crippen molar-refractivity contribution in [1.29, 1.82) is 0 Å². The van der Waals surface area contributed by atoms with Crippen LogP contribution < -0.4 is 0 Å². The van der Waals surface area contributed by atoms with Gasteiger partial charge in [-0.25, -0.2) is 16.8 Å². The summed E-state index contributed by atoms with van der Waals surface area (Å²) in [7, 11) is -2.10. The summed E-state index contributed by atoms with van der Waals surface area (Å²) in [5.41, 5.74) is 0.239. The van der Waals surface area contributed by atoms with Crippen molar-refractivity contribution in [3.63, 3.8) is 0 Å². The lowest BCUT2D eigenvalue weighted by atomic mass is 10.2. The molecule has 0 saturated heterocycles. The molecule has 0 aliphatic rings. The summed E-state index contributed by atoms with van der Waals surface area (Å²) in [5, 5.41) is 0.151. The molecule has 8 heteroatoms. The van der Waals surface area contributed by atoms with Gasteiger partial charge >= 0.3 is 0 Å². The smallest absolute Gasteiger partial charge is 0.224 e. The molecule has 0 aliphatic carbocycles. The highest BCUT2D eigenvalue weighted by molar-refractivity contribution is 8.13. The molecule has 0 amide bonds. The number of hydrogen-bond acceptors (Lipinski definition) is 4. The first-order valence-electron chi connectivity index (χ1n) is 4.00. The Morgan fingerprint density at radius 2 is 1.69 bits per heavy atom. The lowest BCUT2D eigenvalue weighted by Crippen LogP contribution is -2.01. The summed E-state index contributed by atoms with van der Waals surface area (Å²) < 4.78 is 44.2. The van der Waals surface area contributed by atoms with Crippen molar-refractivity contribution >= 4 is 41.2 Å². The molecule has 0 saturated carbocycles. The molecule has 1 rings (SSSR count). The van der Waals surface area contributed by atoms with Crippen molar-refractivity contribution in [1.82, 2.24) is 0 Å². The SMILES string of the molecule is CS(=O)(=O)c1cc(Cl)cc(CS(=O)(=O)Cl)c1. The van der Waals surface area contributed by atoms with Crippen LogP contribution in [0, 0.1) is 0 Å². The van der Waals surface area contributed by atoms with Crippen LogP contribution in [0.4, 0.5) is 0 Å². The van der Waals surface area contributed by atoms with E-state index in [1.807, 2.05) is 0 Å². The first-order chi connectivity index (χ1) is 7.08. The maximum Gasteiger partial charge on any atom is 0.236 e. The Hall–Kier alpha value is -0.300. The number of hydrogen-bond donors (Lipinski definition) is 0. The van der Waals surface area contributed by atoms with Crippen molar-refractivity contribution in [2.24, 2.45) is 0 Å². The van der Waals surface area contributed by atoms with Gasteiger partial charge in [0.2, 0.25) is 9.05 Å². The Morgan fingerprint density at radius 1 is 1.12 bits per heavy atom. The van der Waals surface area contributed by atoms with Crippen molar-refractivity contribution in [3.8, 4) is 0 Å². The molecule has 4 nitrogen and oxygen atoms in total. The number of benzene rings is 1. The third-order valence-corrected chi connectivity index (χ3v) is 4.01. The molecular formula is C8H8Cl2O4S2. The van der Waals surface area contributed by atoms with Crippen molar-refractivity contribution in [2.45, 2.75) is 10.6 Å². The second-order valence-corrected chi connectivity index (χ2v) is 8.48. The van der Waals surface area contributed by atoms with E-state index < -0.39 is 24.6 Å². The summed E-state index contributed by atoms with van der Waals surface area (Å²) in [6.07, 6.45) is 1.01. The predicted octanol–water partition coefficient (Wildman–Crippen LogP) is 1.81. The first kappa shape index (κ1) is 13.8. The Labute approximate surface area is 104 Å². The summed E-state index contributed by atoms with van der Waals surface area (Å²) >= 11 is 5.68. The van der Waals surface area contributed by atoms with Crippen molar-refractivity contribution in [3.05, 3.63) is 28.8 Å². The molecule has 0 aliphatic heterocycles. The van der Waals surface area contributed by atoms with E-state index in [4.69, 9.17) is 22.3 Å². The normalized spacial score (nSPS) is 12.7. The Morgan fingerprint density at radius 3 is 2.12 bits per heavy atom. The van der Waals surface area contributed by atoms with E-state index in [-0.39, 0.29) is 15.5 Å². The highest BCUT2D eigenvalue weighted by Crippen LogP contribution is 2.21. The fraction of sp³-hybridized carbons (Fsp3) is 0.250. The van der Waals surface area contributed by atoms with Gasteiger partial charge in [-0.2, -0.15) is 0 Å². The third-order valence-electron chi connectivity index (χ3n) is 1.70. The maximum absolute atomic E-state index is 11.3. The van der Waals surface area contributed by atoms with Crippen LogP contribution in [0.15, 0.2) is 23.1 Å². The van der Waals surface area contributed by atoms with Crippen LogP contribution in [0.1, 0.15) is 5.56 Å². The average molecular weight is 303 g/mol. The van der Waals surface area contributed by atoms with Crippen LogP contribution in [0.5, 0.6) is 0 Å². The molecule has 0 heterocycles. The van der Waals surface area contributed by atoms with Gasteiger partial charge in [-0.15, -0.1) is 0 Å². The van der Waals surface area contributed by atoms with Crippen molar-refractivity contribution < 1.29 is 16.8 Å². The van der Waals surface area contributed by atoms with Gasteiger partial charge in [-0.1, -0.05) is 11.6 Å². The van der Waals surface area contributed by atoms with Crippen LogP contribution in [0.25, 0.3) is 0 Å². The molecule has 1 aromatic rings. The fourth-order valence-electron chi connectivity index (χ4n) is 1.12. The lowest BCUT2D eigenvalue weighted by Gasteiger charge is -2.03. The topological polar surface area (TPSA) is 68.3 Å². The van der Waals surface area contributed by atoms with Crippen LogP contribution in [-0.2, 0) is 24.6 Å². The Balaban J connectivity index is 3.30. The van der Waals surface area contributed by atoms with Gasteiger partial charge in [0.05, 0.1) is 10.6 Å². The predicted molar refractivity (Wildman–Crippen MR) is 63.0 cm³/mol. The monoisotopic (exact) mass is 302 g/mol. The molecule has 0 aromatic heterocycles. The maximum atomic E-state index is 11.3. The van der Waals surface area contributed by atoms with E-state index in [2.05, 4.69) is 0 Å². The molecule has 0 bridgehead atoms. The highest BCUT2D eigenvalue weighted by atomic mass is 35.7. The minimum absolute atomic E-state index is 0.0321. The zero-order valence-electron chi connectivity index (χ0n) is 8.14. The minimum Gasteiger partial charge on any atom is -0.224 e. The summed E-state index contributed by atoms with van der Waals surface area (Å²) in [6.45, 7) is 0. The van der Waals surface area contributed by atoms with E-state index >= 15 is 0 Å². The van der Waals surface area contributed by atoms with Crippen LogP contribution in [0.2, 0.25) is 5.02 Å². The largest absolute Gasteiger partial charge is 0.236 e. The van der Waals surface area contributed by atoms with Crippen molar-refractivity contribution in [2.75, 3.05) is 6.26 Å². The minimum atomic E-state index is -3.74. The van der Waals surface area contributed by atoms with E-state index in [0.717, 1.165) is 6.26 Å². The van der Waals surface area contributed by atoms with Gasteiger partial charge in [-0.05, 0) is 23.8 Å². The molecule has 1 aromatic carbocycles. The first-order valence-corrected chi connectivity index (χ1v) is 8.74. The molecule has 0 radical (unpaired) electrons. The van der Waals surface area contributed by atoms with Gasteiger partial charge in [0, 0.05) is 22.0 Å². The average Bonchev–Trinajstić information content (AvgIpc) is 1.97. The van der Waals surface area contributed by atoms with Crippen LogP contribution in [0.3, 0.4) is 0 Å². The standard InChI is InChI=1S/C8H8Cl2O4S2/c1-15(11,12)8-3-6(2-7(9)4-8)5-16(10,13)14/h2-4H,5H2,1H3. The molecule has 0 unspecified atom stereocenters. The van der Waals surface area contributed by atoms with Gasteiger partial charge in [0.15, 0.2) is 9.84 Å². The highest BCUT2D eigenvalue weighted by Gasteiger charge is 2.13. The van der Waals surface area contributed by atoms with Gasteiger partial charge in [0.25, 0.3) is 0 Å². The Kier molecular flexibility index (Phi) is 3.89. The van der Waals surface area contributed by atoms with Crippen LogP contribution in [-0.4, -0.2) is 23.1 Å². The quantitative estimate of drug-likeness (QED) is 0.799. The van der Waals surface area contributed by atoms with Gasteiger partial charge < -0.3 is 0 Å². The fourth-order valence-corrected chi connectivity index (χ4v) is 3.09. The molecule has 0 spiro atoms. The summed E-state index contributed by atoms with van der Waals surface area (Å²) in [5.74, 6) is -0.461. The number of halogens is 2. The second kappa shape index (κ2) is 4.52. The van der Waals surface area contributed by atoms with E-state index in [9.17, 15) is 16.8 Å². The van der Waals surface area contributed by atoms with Crippen LogP contribution >= 0.6 is 22.3 Å². The number of rotatable bonds is 3.